The molecule has 1 aromatic heterocycles. The van der Waals surface area contributed by atoms with E-state index in [2.05, 4.69) is 50.9 Å². The van der Waals surface area contributed by atoms with Crippen molar-refractivity contribution in [3.63, 3.8) is 0 Å². The summed E-state index contributed by atoms with van der Waals surface area (Å²) < 4.78 is 5.12. The van der Waals surface area contributed by atoms with Crippen molar-refractivity contribution in [2.24, 2.45) is 10.9 Å². The molecule has 1 aliphatic heterocycles. The Balaban J connectivity index is 1.26. The summed E-state index contributed by atoms with van der Waals surface area (Å²) in [6, 6.07) is 21.8. The normalized spacial score (nSPS) is 16.4. The molecule has 1 unspecified atom stereocenters. The molecule has 4 rings (SSSR count). The number of guanidine groups is 1. The molecule has 0 radical (unpaired) electrons. The van der Waals surface area contributed by atoms with Crippen molar-refractivity contribution >= 4 is 17.6 Å². The Hall–Kier alpha value is -3.54. The van der Waals surface area contributed by atoms with Gasteiger partial charge in [0.1, 0.15) is 0 Å². The van der Waals surface area contributed by atoms with Crippen LogP contribution in [0.2, 0.25) is 0 Å². The Kier molecular flexibility index (Phi) is 6.67. The Bertz CT molecular complexity index is 998. The minimum Gasteiger partial charge on any atom is -0.459 e. The van der Waals surface area contributed by atoms with Gasteiger partial charge >= 0.3 is 0 Å². The van der Waals surface area contributed by atoms with Crippen molar-refractivity contribution in [1.29, 1.82) is 0 Å². The number of nitrogens with one attached hydrogen (secondary N) is 2. The molecule has 6 heteroatoms. The van der Waals surface area contributed by atoms with E-state index in [-0.39, 0.29) is 5.91 Å². The van der Waals surface area contributed by atoms with Gasteiger partial charge in [-0.15, -0.1) is 0 Å². The van der Waals surface area contributed by atoms with Crippen molar-refractivity contribution in [1.82, 2.24) is 10.2 Å². The number of benzene rings is 2. The number of furan rings is 1. The maximum atomic E-state index is 12.1. The second kappa shape index (κ2) is 9.98. The molecule has 1 aliphatic rings. The predicted octanol–water partition coefficient (Wildman–Crippen LogP) is 4.17. The summed E-state index contributed by atoms with van der Waals surface area (Å²) in [5.41, 5.74) is 3.26. The molecule has 1 atom stereocenters. The molecule has 0 spiro atoms. The zero-order valence-corrected chi connectivity index (χ0v) is 17.8. The van der Waals surface area contributed by atoms with E-state index in [1.165, 1.54) is 18.2 Å². The van der Waals surface area contributed by atoms with Crippen molar-refractivity contribution in [3.8, 4) is 0 Å². The highest BCUT2D eigenvalue weighted by Crippen LogP contribution is 2.21. The standard InChI is InChI=1S/C25H28N4O2/c1-26-25(29-14-13-21(18-29)16-19-6-3-2-4-7-19)27-17-20-9-11-22(12-10-20)28-24(30)23-8-5-15-31-23/h2-12,15,21H,13-14,16-18H2,1H3,(H,26,27)(H,28,30). The summed E-state index contributed by atoms with van der Waals surface area (Å²) in [7, 11) is 1.83. The Morgan fingerprint density at radius 1 is 1.06 bits per heavy atom. The zero-order chi connectivity index (χ0) is 21.5. The number of likely N-dealkylation sites (tertiary alicyclic amines) is 1. The average Bonchev–Trinajstić information content (AvgIpc) is 3.49. The van der Waals surface area contributed by atoms with Gasteiger partial charge in [-0.1, -0.05) is 42.5 Å². The van der Waals surface area contributed by atoms with Crippen LogP contribution < -0.4 is 10.6 Å². The summed E-state index contributed by atoms with van der Waals surface area (Å²) in [5, 5.41) is 6.30. The summed E-state index contributed by atoms with van der Waals surface area (Å²) in [6.45, 7) is 2.72. The second-order valence-corrected chi connectivity index (χ2v) is 7.82. The minimum atomic E-state index is -0.254. The molecule has 1 amide bonds. The van der Waals surface area contributed by atoms with Crippen molar-refractivity contribution in [2.75, 3.05) is 25.5 Å². The second-order valence-electron chi connectivity index (χ2n) is 7.82. The minimum absolute atomic E-state index is 0.254. The maximum absolute atomic E-state index is 12.1. The monoisotopic (exact) mass is 416 g/mol. The van der Waals surface area contributed by atoms with Gasteiger partial charge in [-0.3, -0.25) is 9.79 Å². The highest BCUT2D eigenvalue weighted by Gasteiger charge is 2.24. The first kappa shape index (κ1) is 20.7. The lowest BCUT2D eigenvalue weighted by atomic mass is 9.99. The molecule has 3 aromatic rings. The van der Waals surface area contributed by atoms with Crippen molar-refractivity contribution in [3.05, 3.63) is 89.9 Å². The van der Waals surface area contributed by atoms with E-state index in [4.69, 9.17) is 4.42 Å². The van der Waals surface area contributed by atoms with Gasteiger partial charge in [-0.2, -0.15) is 0 Å². The van der Waals surface area contributed by atoms with E-state index >= 15 is 0 Å². The molecule has 6 nitrogen and oxygen atoms in total. The fraction of sp³-hybridized carbons (Fsp3) is 0.280. The fourth-order valence-corrected chi connectivity index (χ4v) is 3.96. The van der Waals surface area contributed by atoms with Crippen LogP contribution in [0.4, 0.5) is 5.69 Å². The van der Waals surface area contributed by atoms with Gasteiger partial charge in [0.05, 0.1) is 6.26 Å². The lowest BCUT2D eigenvalue weighted by Gasteiger charge is -2.22. The van der Waals surface area contributed by atoms with Crippen LogP contribution in [0.1, 0.15) is 28.1 Å². The molecular weight excluding hydrogens is 388 g/mol. The topological polar surface area (TPSA) is 69.9 Å². The molecule has 2 N–H and O–H groups in total. The SMILES string of the molecule is CN=C(NCc1ccc(NC(=O)c2ccco2)cc1)N1CCC(Cc2ccccc2)C1. The van der Waals surface area contributed by atoms with Crippen LogP contribution in [0, 0.1) is 5.92 Å². The number of amides is 1. The van der Waals surface area contributed by atoms with E-state index in [0.29, 0.717) is 18.2 Å². The maximum Gasteiger partial charge on any atom is 0.291 e. The van der Waals surface area contributed by atoms with Crippen LogP contribution in [-0.2, 0) is 13.0 Å². The van der Waals surface area contributed by atoms with E-state index in [9.17, 15) is 4.79 Å². The van der Waals surface area contributed by atoms with E-state index in [1.807, 2.05) is 31.3 Å². The van der Waals surface area contributed by atoms with Crippen LogP contribution in [0.3, 0.4) is 0 Å². The summed E-state index contributed by atoms with van der Waals surface area (Å²) in [5.74, 6) is 1.63. The van der Waals surface area contributed by atoms with Crippen molar-refractivity contribution < 1.29 is 9.21 Å². The fourth-order valence-electron chi connectivity index (χ4n) is 3.96. The number of hydrogen-bond acceptors (Lipinski definition) is 3. The van der Waals surface area contributed by atoms with Gasteiger partial charge in [0.15, 0.2) is 11.7 Å². The zero-order valence-electron chi connectivity index (χ0n) is 17.8. The van der Waals surface area contributed by atoms with Gasteiger partial charge in [0, 0.05) is 32.4 Å². The Morgan fingerprint density at radius 2 is 1.87 bits per heavy atom. The van der Waals surface area contributed by atoms with E-state index in [1.54, 1.807) is 12.1 Å². The highest BCUT2D eigenvalue weighted by atomic mass is 16.3. The van der Waals surface area contributed by atoms with Gasteiger partial charge < -0.3 is 20.0 Å². The first-order chi connectivity index (χ1) is 15.2. The average molecular weight is 417 g/mol. The Morgan fingerprint density at radius 3 is 2.58 bits per heavy atom. The summed E-state index contributed by atoms with van der Waals surface area (Å²) in [6.07, 6.45) is 3.78. The number of anilines is 1. The third kappa shape index (κ3) is 5.54. The largest absolute Gasteiger partial charge is 0.459 e. The number of aliphatic imine (C=N–C) groups is 1. The van der Waals surface area contributed by atoms with Crippen LogP contribution in [0.25, 0.3) is 0 Å². The number of nitrogens with zero attached hydrogens (tertiary/aromatic N) is 2. The first-order valence-corrected chi connectivity index (χ1v) is 10.6. The number of carbonyl (C=O) groups is 1. The van der Waals surface area contributed by atoms with Crippen LogP contribution in [-0.4, -0.2) is 36.9 Å². The van der Waals surface area contributed by atoms with E-state index < -0.39 is 0 Å². The number of rotatable bonds is 6. The third-order valence-electron chi connectivity index (χ3n) is 5.57. The third-order valence-corrected chi connectivity index (χ3v) is 5.57. The number of hydrogen-bond donors (Lipinski definition) is 2. The van der Waals surface area contributed by atoms with Crippen molar-refractivity contribution in [2.45, 2.75) is 19.4 Å². The molecule has 1 fully saturated rings. The molecular formula is C25H28N4O2. The van der Waals surface area contributed by atoms with Crippen LogP contribution in [0.5, 0.6) is 0 Å². The highest BCUT2D eigenvalue weighted by molar-refractivity contribution is 6.02. The molecule has 2 aromatic carbocycles. The molecule has 2 heterocycles. The Labute approximate surface area is 183 Å². The molecule has 160 valence electrons. The molecule has 31 heavy (non-hydrogen) atoms. The quantitative estimate of drug-likeness (QED) is 0.467. The predicted molar refractivity (Wildman–Crippen MR) is 123 cm³/mol. The van der Waals surface area contributed by atoms with E-state index in [0.717, 1.165) is 36.7 Å². The van der Waals surface area contributed by atoms with Gasteiger partial charge in [0.25, 0.3) is 5.91 Å². The van der Waals surface area contributed by atoms with Gasteiger partial charge in [0.2, 0.25) is 0 Å². The molecule has 0 saturated carbocycles. The smallest absolute Gasteiger partial charge is 0.291 e. The summed E-state index contributed by atoms with van der Waals surface area (Å²) >= 11 is 0. The molecule has 0 aliphatic carbocycles. The van der Waals surface area contributed by atoms with Crippen LogP contribution >= 0.6 is 0 Å². The summed E-state index contributed by atoms with van der Waals surface area (Å²) in [4.78, 5) is 18.9. The molecule has 0 bridgehead atoms. The molecule has 1 saturated heterocycles. The van der Waals surface area contributed by atoms with Gasteiger partial charge in [-0.05, 0) is 54.2 Å². The first-order valence-electron chi connectivity index (χ1n) is 10.6. The lowest BCUT2D eigenvalue weighted by Crippen LogP contribution is -2.39. The lowest BCUT2D eigenvalue weighted by molar-refractivity contribution is 0.0996. The number of carbonyl (C=O) groups excluding carboxylic acids is 1. The van der Waals surface area contributed by atoms with Crippen LogP contribution in [0.15, 0.2) is 82.4 Å². The van der Waals surface area contributed by atoms with Gasteiger partial charge in [-0.25, -0.2) is 0 Å².